The number of hydrogen-bond donors (Lipinski definition) is 2. The molecule has 0 heterocycles. The average molecular weight is 213 g/mol. The third-order valence-corrected chi connectivity index (χ3v) is 3.01. The summed E-state index contributed by atoms with van der Waals surface area (Å²) in [5.41, 5.74) is 10.7. The molecule has 0 radical (unpaired) electrons. The molecule has 1 unspecified atom stereocenters. The largest absolute Gasteiger partial charge is 0.368 e. The molecule has 0 aliphatic heterocycles. The Kier molecular flexibility index (Phi) is 4.54. The summed E-state index contributed by atoms with van der Waals surface area (Å²) in [5.74, 6) is 0.474. The molecule has 0 aromatic rings. The first kappa shape index (κ1) is 12.5. The second-order valence-electron chi connectivity index (χ2n) is 4.83. The molecule has 1 saturated carbocycles. The SMILES string of the molecule is CC(C)N(CCC(N)C(N)=O)CC1CC1. The fraction of sp³-hybridized carbons (Fsp3) is 0.909. The van der Waals surface area contributed by atoms with Crippen molar-refractivity contribution in [2.75, 3.05) is 13.1 Å². The van der Waals surface area contributed by atoms with Gasteiger partial charge in [-0.05, 0) is 39.0 Å². The molecule has 0 aromatic carbocycles. The summed E-state index contributed by atoms with van der Waals surface area (Å²) >= 11 is 0. The Morgan fingerprint density at radius 3 is 2.47 bits per heavy atom. The normalized spacial score (nSPS) is 18.5. The van der Waals surface area contributed by atoms with Crippen LogP contribution in [-0.2, 0) is 4.79 Å². The molecular formula is C11H23N3O. The molecule has 0 aromatic heterocycles. The van der Waals surface area contributed by atoms with Crippen LogP contribution in [0.25, 0.3) is 0 Å². The van der Waals surface area contributed by atoms with Crippen molar-refractivity contribution >= 4 is 5.91 Å². The molecule has 1 aliphatic carbocycles. The summed E-state index contributed by atoms with van der Waals surface area (Å²) in [7, 11) is 0. The van der Waals surface area contributed by atoms with Crippen molar-refractivity contribution in [2.45, 2.75) is 45.2 Å². The van der Waals surface area contributed by atoms with Crippen molar-refractivity contribution < 1.29 is 4.79 Å². The van der Waals surface area contributed by atoms with E-state index in [4.69, 9.17) is 11.5 Å². The Morgan fingerprint density at radius 2 is 2.07 bits per heavy atom. The maximum Gasteiger partial charge on any atom is 0.234 e. The average Bonchev–Trinajstić information content (AvgIpc) is 2.94. The van der Waals surface area contributed by atoms with Crippen molar-refractivity contribution in [2.24, 2.45) is 17.4 Å². The molecule has 4 heteroatoms. The number of carbonyl (C=O) groups is 1. The van der Waals surface area contributed by atoms with Crippen LogP contribution in [0.5, 0.6) is 0 Å². The Hall–Kier alpha value is -0.610. The van der Waals surface area contributed by atoms with Crippen LogP contribution in [-0.4, -0.2) is 36.0 Å². The number of amides is 1. The van der Waals surface area contributed by atoms with E-state index in [1.807, 2.05) is 0 Å². The number of primary amides is 1. The van der Waals surface area contributed by atoms with Crippen molar-refractivity contribution in [1.29, 1.82) is 0 Å². The van der Waals surface area contributed by atoms with Crippen LogP contribution < -0.4 is 11.5 Å². The van der Waals surface area contributed by atoms with Gasteiger partial charge in [0.15, 0.2) is 0 Å². The van der Waals surface area contributed by atoms with E-state index in [0.717, 1.165) is 19.0 Å². The Bertz CT molecular complexity index is 214. The van der Waals surface area contributed by atoms with Gasteiger partial charge in [-0.3, -0.25) is 4.79 Å². The zero-order chi connectivity index (χ0) is 11.4. The van der Waals surface area contributed by atoms with Gasteiger partial charge >= 0.3 is 0 Å². The smallest absolute Gasteiger partial charge is 0.234 e. The summed E-state index contributed by atoms with van der Waals surface area (Å²) in [6.45, 7) is 6.37. The van der Waals surface area contributed by atoms with Crippen molar-refractivity contribution in [3.63, 3.8) is 0 Å². The minimum Gasteiger partial charge on any atom is -0.368 e. The van der Waals surface area contributed by atoms with Gasteiger partial charge in [0.25, 0.3) is 0 Å². The first-order chi connectivity index (χ1) is 7.00. The Balaban J connectivity index is 2.27. The Labute approximate surface area is 92.0 Å². The number of carbonyl (C=O) groups excluding carboxylic acids is 1. The van der Waals surface area contributed by atoms with E-state index in [0.29, 0.717) is 12.5 Å². The number of rotatable bonds is 7. The van der Waals surface area contributed by atoms with Crippen LogP contribution in [0.1, 0.15) is 33.1 Å². The second-order valence-corrected chi connectivity index (χ2v) is 4.83. The highest BCUT2D eigenvalue weighted by Gasteiger charge is 2.25. The van der Waals surface area contributed by atoms with E-state index in [1.54, 1.807) is 0 Å². The summed E-state index contributed by atoms with van der Waals surface area (Å²) < 4.78 is 0. The standard InChI is InChI=1S/C11H23N3O/c1-8(2)14(7-9-3-4-9)6-5-10(12)11(13)15/h8-10H,3-7,12H2,1-2H3,(H2,13,15). The fourth-order valence-electron chi connectivity index (χ4n) is 1.64. The lowest BCUT2D eigenvalue weighted by molar-refractivity contribution is -0.119. The van der Waals surface area contributed by atoms with E-state index < -0.39 is 11.9 Å². The first-order valence-corrected chi connectivity index (χ1v) is 5.79. The molecule has 1 aliphatic rings. The highest BCUT2D eigenvalue weighted by molar-refractivity contribution is 5.79. The van der Waals surface area contributed by atoms with Crippen molar-refractivity contribution in [3.8, 4) is 0 Å². The van der Waals surface area contributed by atoms with Crippen LogP contribution in [0.2, 0.25) is 0 Å². The number of hydrogen-bond acceptors (Lipinski definition) is 3. The first-order valence-electron chi connectivity index (χ1n) is 5.79. The van der Waals surface area contributed by atoms with Gasteiger partial charge in [-0.2, -0.15) is 0 Å². The molecule has 88 valence electrons. The zero-order valence-electron chi connectivity index (χ0n) is 9.78. The molecule has 4 nitrogen and oxygen atoms in total. The molecule has 0 bridgehead atoms. The minimum absolute atomic E-state index is 0.398. The van der Waals surface area contributed by atoms with Crippen LogP contribution >= 0.6 is 0 Å². The molecule has 1 rings (SSSR count). The van der Waals surface area contributed by atoms with Gasteiger partial charge in [0.2, 0.25) is 5.91 Å². The summed E-state index contributed by atoms with van der Waals surface area (Å²) in [6, 6.07) is 0.0242. The minimum atomic E-state index is -0.495. The van der Waals surface area contributed by atoms with Crippen LogP contribution in [0.3, 0.4) is 0 Å². The van der Waals surface area contributed by atoms with Gasteiger partial charge in [-0.1, -0.05) is 0 Å². The molecule has 1 fully saturated rings. The van der Waals surface area contributed by atoms with Crippen LogP contribution in [0, 0.1) is 5.92 Å². The molecular weight excluding hydrogens is 190 g/mol. The van der Waals surface area contributed by atoms with Gasteiger partial charge in [-0.25, -0.2) is 0 Å². The van der Waals surface area contributed by atoms with Gasteiger partial charge in [0.1, 0.15) is 0 Å². The summed E-state index contributed by atoms with van der Waals surface area (Å²) in [6.07, 6.45) is 3.37. The maximum absolute atomic E-state index is 10.8. The highest BCUT2D eigenvalue weighted by Crippen LogP contribution is 2.30. The van der Waals surface area contributed by atoms with E-state index in [2.05, 4.69) is 18.7 Å². The zero-order valence-corrected chi connectivity index (χ0v) is 9.78. The van der Waals surface area contributed by atoms with Crippen LogP contribution in [0.4, 0.5) is 0 Å². The lowest BCUT2D eigenvalue weighted by atomic mass is 10.1. The van der Waals surface area contributed by atoms with Crippen molar-refractivity contribution in [3.05, 3.63) is 0 Å². The fourth-order valence-corrected chi connectivity index (χ4v) is 1.64. The maximum atomic E-state index is 10.8. The predicted molar refractivity (Wildman–Crippen MR) is 61.2 cm³/mol. The predicted octanol–water partition coefficient (Wildman–Crippen LogP) is 0.310. The van der Waals surface area contributed by atoms with Gasteiger partial charge in [-0.15, -0.1) is 0 Å². The van der Waals surface area contributed by atoms with Crippen molar-refractivity contribution in [1.82, 2.24) is 4.90 Å². The molecule has 4 N–H and O–H groups in total. The van der Waals surface area contributed by atoms with Crippen LogP contribution in [0.15, 0.2) is 0 Å². The van der Waals surface area contributed by atoms with Gasteiger partial charge < -0.3 is 16.4 Å². The monoisotopic (exact) mass is 213 g/mol. The molecule has 1 atom stereocenters. The molecule has 0 saturated heterocycles. The lowest BCUT2D eigenvalue weighted by Gasteiger charge is -2.27. The molecule has 15 heavy (non-hydrogen) atoms. The third-order valence-electron chi connectivity index (χ3n) is 3.01. The van der Waals surface area contributed by atoms with E-state index in [9.17, 15) is 4.79 Å². The molecule has 0 spiro atoms. The number of nitrogens with two attached hydrogens (primary N) is 2. The molecule has 1 amide bonds. The summed E-state index contributed by atoms with van der Waals surface area (Å²) in [5, 5.41) is 0. The number of nitrogens with zero attached hydrogens (tertiary/aromatic N) is 1. The topological polar surface area (TPSA) is 72.3 Å². The third kappa shape index (κ3) is 4.62. The Morgan fingerprint density at radius 1 is 1.47 bits per heavy atom. The van der Waals surface area contributed by atoms with E-state index >= 15 is 0 Å². The lowest BCUT2D eigenvalue weighted by Crippen LogP contribution is -2.41. The van der Waals surface area contributed by atoms with Gasteiger partial charge in [0.05, 0.1) is 6.04 Å². The second kappa shape index (κ2) is 5.47. The quantitative estimate of drug-likeness (QED) is 0.639. The van der Waals surface area contributed by atoms with Gasteiger partial charge in [0, 0.05) is 19.1 Å². The summed E-state index contributed by atoms with van der Waals surface area (Å²) in [4.78, 5) is 13.2. The highest BCUT2D eigenvalue weighted by atomic mass is 16.1. The van der Waals surface area contributed by atoms with E-state index in [1.165, 1.54) is 12.8 Å². The van der Waals surface area contributed by atoms with E-state index in [-0.39, 0.29) is 0 Å².